The molecule has 2 N–H and O–H groups in total. The molecule has 2 atom stereocenters. The van der Waals surface area contributed by atoms with Crippen LogP contribution in [0.5, 0.6) is 0 Å². The molecule has 32 heavy (non-hydrogen) atoms. The normalized spacial score (nSPS) is 15.7. The number of hydrogen-bond donors (Lipinski definition) is 2. The van der Waals surface area contributed by atoms with Crippen LogP contribution in [0.2, 0.25) is 0 Å². The van der Waals surface area contributed by atoms with Gasteiger partial charge in [-0.15, -0.1) is 6.42 Å². The molecule has 7 nitrogen and oxygen atoms in total. The molecule has 1 aromatic rings. The number of rotatable bonds is 6. The molecule has 0 aromatic heterocycles. The summed E-state index contributed by atoms with van der Waals surface area (Å²) < 4.78 is 5.28. The molecule has 1 aromatic carbocycles. The highest BCUT2D eigenvalue weighted by molar-refractivity contribution is 5.93. The largest absolute Gasteiger partial charge is 0.444 e. The van der Waals surface area contributed by atoms with Crippen LogP contribution in [-0.4, -0.2) is 46.0 Å². The Morgan fingerprint density at radius 3 is 2.22 bits per heavy atom. The van der Waals surface area contributed by atoms with Crippen molar-refractivity contribution in [3.63, 3.8) is 0 Å². The molecule has 1 fully saturated rings. The van der Waals surface area contributed by atoms with Crippen molar-refractivity contribution in [3.8, 4) is 12.3 Å². The molecule has 0 bridgehead atoms. The second-order valence-electron chi connectivity index (χ2n) is 10.2. The number of benzene rings is 1. The smallest absolute Gasteiger partial charge is 0.408 e. The Balaban J connectivity index is 2.41. The summed E-state index contributed by atoms with van der Waals surface area (Å²) in [6.07, 6.45) is 6.58. The summed E-state index contributed by atoms with van der Waals surface area (Å²) in [7, 11) is 0. The fourth-order valence-electron chi connectivity index (χ4n) is 3.36. The Hall–Kier alpha value is -3.01. The summed E-state index contributed by atoms with van der Waals surface area (Å²) in [6.45, 7) is 12.5. The molecule has 2 unspecified atom stereocenters. The lowest BCUT2D eigenvalue weighted by Crippen LogP contribution is -2.54. The Morgan fingerprint density at radius 2 is 1.72 bits per heavy atom. The highest BCUT2D eigenvalue weighted by Crippen LogP contribution is 2.36. The SMILES string of the molecule is C#Cc1ccccc1C(C(=O)NC(C)(C)C)N(C(=O)C(C)NC(=O)OC(C)(C)C)C1CC1. The van der Waals surface area contributed by atoms with E-state index in [9.17, 15) is 14.4 Å². The van der Waals surface area contributed by atoms with E-state index < -0.39 is 29.3 Å². The van der Waals surface area contributed by atoms with E-state index in [4.69, 9.17) is 11.2 Å². The van der Waals surface area contributed by atoms with Crippen LogP contribution in [0.15, 0.2) is 24.3 Å². The van der Waals surface area contributed by atoms with E-state index in [1.807, 2.05) is 20.8 Å². The second kappa shape index (κ2) is 9.64. The topological polar surface area (TPSA) is 87.7 Å². The van der Waals surface area contributed by atoms with Gasteiger partial charge in [0.1, 0.15) is 17.7 Å². The summed E-state index contributed by atoms with van der Waals surface area (Å²) in [5.74, 6) is 1.95. The predicted molar refractivity (Wildman–Crippen MR) is 124 cm³/mol. The number of nitrogens with zero attached hydrogens (tertiary/aromatic N) is 1. The Morgan fingerprint density at radius 1 is 1.12 bits per heavy atom. The van der Waals surface area contributed by atoms with Crippen LogP contribution < -0.4 is 10.6 Å². The molecule has 3 amide bonds. The van der Waals surface area contributed by atoms with Crippen LogP contribution in [0.25, 0.3) is 0 Å². The molecule has 0 spiro atoms. The zero-order valence-corrected chi connectivity index (χ0v) is 20.1. The molecule has 1 saturated carbocycles. The minimum absolute atomic E-state index is 0.105. The number of nitrogens with one attached hydrogen (secondary N) is 2. The lowest BCUT2D eigenvalue weighted by atomic mass is 9.96. The van der Waals surface area contributed by atoms with Gasteiger partial charge in [0.15, 0.2) is 0 Å². The Kier molecular flexibility index (Phi) is 7.61. The predicted octanol–water partition coefficient (Wildman–Crippen LogP) is 3.53. The van der Waals surface area contributed by atoms with Crippen LogP contribution in [-0.2, 0) is 14.3 Å². The maximum absolute atomic E-state index is 13.5. The number of carbonyl (C=O) groups is 3. The number of amides is 3. The fraction of sp³-hybridized carbons (Fsp3) is 0.560. The first-order chi connectivity index (χ1) is 14.7. The van der Waals surface area contributed by atoms with Crippen LogP contribution in [0.4, 0.5) is 4.79 Å². The first-order valence-corrected chi connectivity index (χ1v) is 10.9. The molecule has 174 valence electrons. The molecule has 1 aliphatic rings. The van der Waals surface area contributed by atoms with E-state index in [0.29, 0.717) is 11.1 Å². The van der Waals surface area contributed by atoms with E-state index in [1.54, 1.807) is 56.9 Å². The zero-order chi connectivity index (χ0) is 24.3. The fourth-order valence-corrected chi connectivity index (χ4v) is 3.36. The van der Waals surface area contributed by atoms with E-state index in [0.717, 1.165) is 12.8 Å². The van der Waals surface area contributed by atoms with Crippen molar-refractivity contribution in [2.45, 2.75) is 90.6 Å². The van der Waals surface area contributed by atoms with Gasteiger partial charge in [-0.05, 0) is 72.9 Å². The number of carbonyl (C=O) groups excluding carboxylic acids is 3. The van der Waals surface area contributed by atoms with Gasteiger partial charge in [0.2, 0.25) is 11.8 Å². The van der Waals surface area contributed by atoms with Gasteiger partial charge in [-0.25, -0.2) is 4.79 Å². The van der Waals surface area contributed by atoms with Crippen molar-refractivity contribution in [1.82, 2.24) is 15.5 Å². The van der Waals surface area contributed by atoms with Crippen LogP contribution in [0.3, 0.4) is 0 Å². The molecule has 2 rings (SSSR count). The third-order valence-corrected chi connectivity index (χ3v) is 4.73. The Labute approximate surface area is 191 Å². The van der Waals surface area contributed by atoms with E-state index in [2.05, 4.69) is 16.6 Å². The minimum Gasteiger partial charge on any atom is -0.444 e. The van der Waals surface area contributed by atoms with Gasteiger partial charge < -0.3 is 20.3 Å². The van der Waals surface area contributed by atoms with E-state index in [1.165, 1.54) is 0 Å². The molecule has 0 saturated heterocycles. The monoisotopic (exact) mass is 441 g/mol. The standard InChI is InChI=1S/C25H35N3O4/c1-9-17-12-10-11-13-19(17)20(21(29)27-24(3,4)5)28(18-14-15-18)22(30)16(2)26-23(31)32-25(6,7)8/h1,10-13,16,18,20H,14-15H2,2-8H3,(H,26,31)(H,27,29). The number of ether oxygens (including phenoxy) is 1. The third-order valence-electron chi connectivity index (χ3n) is 4.73. The third kappa shape index (κ3) is 7.01. The van der Waals surface area contributed by atoms with Crippen molar-refractivity contribution in [2.75, 3.05) is 0 Å². The quantitative estimate of drug-likeness (QED) is 0.661. The lowest BCUT2D eigenvalue weighted by molar-refractivity contribution is -0.143. The van der Waals surface area contributed by atoms with Gasteiger partial charge in [-0.2, -0.15) is 0 Å². The van der Waals surface area contributed by atoms with E-state index >= 15 is 0 Å². The number of terminal acetylenes is 1. The van der Waals surface area contributed by atoms with Crippen LogP contribution in [0.1, 0.15) is 78.5 Å². The van der Waals surface area contributed by atoms with Crippen LogP contribution >= 0.6 is 0 Å². The number of hydrogen-bond acceptors (Lipinski definition) is 4. The molecule has 1 aliphatic carbocycles. The van der Waals surface area contributed by atoms with Crippen molar-refractivity contribution in [2.24, 2.45) is 0 Å². The van der Waals surface area contributed by atoms with Crippen molar-refractivity contribution in [3.05, 3.63) is 35.4 Å². The molecular formula is C25H35N3O4. The van der Waals surface area contributed by atoms with Crippen molar-refractivity contribution in [1.29, 1.82) is 0 Å². The molecule has 7 heteroatoms. The van der Waals surface area contributed by atoms with Gasteiger partial charge in [-0.1, -0.05) is 24.1 Å². The molecule has 0 radical (unpaired) electrons. The van der Waals surface area contributed by atoms with E-state index in [-0.39, 0.29) is 17.9 Å². The summed E-state index contributed by atoms with van der Waals surface area (Å²) in [6, 6.07) is 5.23. The zero-order valence-electron chi connectivity index (χ0n) is 20.1. The van der Waals surface area contributed by atoms with Crippen molar-refractivity contribution >= 4 is 17.9 Å². The summed E-state index contributed by atoms with van der Waals surface area (Å²) in [5, 5.41) is 5.58. The maximum Gasteiger partial charge on any atom is 0.408 e. The van der Waals surface area contributed by atoms with Gasteiger partial charge in [0, 0.05) is 17.1 Å². The van der Waals surface area contributed by atoms with Gasteiger partial charge in [0.05, 0.1) is 0 Å². The first-order valence-electron chi connectivity index (χ1n) is 10.9. The Bertz CT molecular complexity index is 901. The van der Waals surface area contributed by atoms with Gasteiger partial charge in [-0.3, -0.25) is 9.59 Å². The second-order valence-corrected chi connectivity index (χ2v) is 10.2. The minimum atomic E-state index is -0.913. The lowest BCUT2D eigenvalue weighted by Gasteiger charge is -2.36. The molecule has 0 aliphatic heterocycles. The number of alkyl carbamates (subject to hydrolysis) is 1. The summed E-state index contributed by atoms with van der Waals surface area (Å²) >= 11 is 0. The summed E-state index contributed by atoms with van der Waals surface area (Å²) in [5.41, 5.74) is -0.0580. The van der Waals surface area contributed by atoms with Gasteiger partial charge in [0.25, 0.3) is 0 Å². The molecule has 0 heterocycles. The highest BCUT2D eigenvalue weighted by atomic mass is 16.6. The first kappa shape index (κ1) is 25.3. The maximum atomic E-state index is 13.5. The van der Waals surface area contributed by atoms with Crippen molar-refractivity contribution < 1.29 is 19.1 Å². The van der Waals surface area contributed by atoms with Crippen LogP contribution in [0, 0.1) is 12.3 Å². The highest BCUT2D eigenvalue weighted by Gasteiger charge is 2.44. The van der Waals surface area contributed by atoms with Gasteiger partial charge >= 0.3 is 6.09 Å². The molecular weight excluding hydrogens is 406 g/mol. The summed E-state index contributed by atoms with van der Waals surface area (Å²) in [4.78, 5) is 40.8. The average molecular weight is 442 g/mol. The average Bonchev–Trinajstić information content (AvgIpc) is 3.47.